The highest BCUT2D eigenvalue weighted by Crippen LogP contribution is 2.23. The summed E-state index contributed by atoms with van der Waals surface area (Å²) in [5, 5.41) is 23.3. The van der Waals surface area contributed by atoms with Crippen molar-refractivity contribution in [3.05, 3.63) is 63.7 Å². The first-order valence-corrected chi connectivity index (χ1v) is 12.5. The lowest BCUT2D eigenvalue weighted by Gasteiger charge is -2.24. The average Bonchev–Trinajstić information content (AvgIpc) is 2.84. The lowest BCUT2D eigenvalue weighted by atomic mass is 10.1. The summed E-state index contributed by atoms with van der Waals surface area (Å²) in [4.78, 5) is 36.7. The number of hydrogen-bond acceptors (Lipinski definition) is 6. The number of amides is 2. The van der Waals surface area contributed by atoms with Crippen molar-refractivity contribution in [3.63, 3.8) is 0 Å². The highest BCUT2D eigenvalue weighted by atomic mass is 16.6. The van der Waals surface area contributed by atoms with Gasteiger partial charge >= 0.3 is 12.0 Å². The van der Waals surface area contributed by atoms with Gasteiger partial charge in [-0.3, -0.25) is 10.1 Å². The number of ether oxygens (including phenoxy) is 2. The number of nitrogens with one attached hydrogen (secondary N) is 1. The fourth-order valence-corrected chi connectivity index (χ4v) is 3.72. The third kappa shape index (κ3) is 10.1. The summed E-state index contributed by atoms with van der Waals surface area (Å²) in [5.41, 5.74) is 1.65. The van der Waals surface area contributed by atoms with Crippen molar-refractivity contribution in [2.45, 2.75) is 53.1 Å². The Balaban J connectivity index is 1.98. The van der Waals surface area contributed by atoms with Crippen LogP contribution in [0.25, 0.3) is 0 Å². The van der Waals surface area contributed by atoms with Crippen LogP contribution in [0.2, 0.25) is 0 Å². The fraction of sp³-hybridized carbons (Fsp3) is 0.481. The predicted molar refractivity (Wildman–Crippen MR) is 141 cm³/mol. The Morgan fingerprint density at radius 1 is 1.14 bits per heavy atom. The van der Waals surface area contributed by atoms with E-state index in [1.165, 1.54) is 6.07 Å². The van der Waals surface area contributed by atoms with E-state index in [1.54, 1.807) is 55.1 Å². The van der Waals surface area contributed by atoms with E-state index in [-0.39, 0.29) is 24.7 Å². The van der Waals surface area contributed by atoms with Gasteiger partial charge in [0, 0.05) is 36.9 Å². The van der Waals surface area contributed by atoms with Gasteiger partial charge < -0.3 is 24.8 Å². The third-order valence-corrected chi connectivity index (χ3v) is 5.77. The van der Waals surface area contributed by atoms with Crippen LogP contribution in [0.1, 0.15) is 44.7 Å². The minimum absolute atomic E-state index is 0.0492. The molecule has 202 valence electrons. The van der Waals surface area contributed by atoms with Crippen molar-refractivity contribution in [1.82, 2.24) is 4.90 Å². The van der Waals surface area contributed by atoms with Crippen LogP contribution >= 0.6 is 0 Å². The number of carbonyl (C=O) groups excluding carboxylic acids is 1. The van der Waals surface area contributed by atoms with Gasteiger partial charge in [-0.1, -0.05) is 32.0 Å². The second-order valence-corrected chi connectivity index (χ2v) is 9.19. The SMILES string of the molecule is CCOC(Cc1ccc(OCCN(CCCC(C)C)C(=O)Nc2ccc(C)c([N+](=O)[O-])c2)cc1)C(=O)O. The Bertz CT molecular complexity index is 1040. The molecule has 0 bridgehead atoms. The number of aryl methyl sites for hydroxylation is 1. The number of hydrogen-bond donors (Lipinski definition) is 2. The Morgan fingerprint density at radius 2 is 1.84 bits per heavy atom. The number of benzene rings is 2. The molecule has 2 N–H and O–H groups in total. The summed E-state index contributed by atoms with van der Waals surface area (Å²) in [6.07, 6.45) is 1.13. The molecule has 0 aliphatic rings. The summed E-state index contributed by atoms with van der Waals surface area (Å²) in [6.45, 7) is 9.06. The normalized spacial score (nSPS) is 11.7. The summed E-state index contributed by atoms with van der Waals surface area (Å²) in [5.74, 6) is 0.102. The number of urea groups is 1. The number of anilines is 1. The van der Waals surface area contributed by atoms with Gasteiger partial charge in [-0.15, -0.1) is 0 Å². The van der Waals surface area contributed by atoms with Gasteiger partial charge in [0.25, 0.3) is 5.69 Å². The van der Waals surface area contributed by atoms with Gasteiger partial charge in [-0.2, -0.15) is 0 Å². The van der Waals surface area contributed by atoms with Crippen molar-refractivity contribution >= 4 is 23.4 Å². The largest absolute Gasteiger partial charge is 0.492 e. The van der Waals surface area contributed by atoms with Gasteiger partial charge in [0.1, 0.15) is 12.4 Å². The lowest BCUT2D eigenvalue weighted by Crippen LogP contribution is -2.38. The number of aliphatic carboxylic acids is 1. The molecule has 2 rings (SSSR count). The van der Waals surface area contributed by atoms with Crippen LogP contribution in [-0.2, 0) is 16.0 Å². The third-order valence-electron chi connectivity index (χ3n) is 5.77. The Morgan fingerprint density at radius 3 is 2.43 bits per heavy atom. The van der Waals surface area contributed by atoms with Gasteiger partial charge in [0.2, 0.25) is 0 Å². The number of nitro benzene ring substituents is 1. The zero-order chi connectivity index (χ0) is 27.4. The molecule has 0 radical (unpaired) electrons. The van der Waals surface area contributed by atoms with E-state index in [9.17, 15) is 24.8 Å². The van der Waals surface area contributed by atoms with Crippen molar-refractivity contribution < 1.29 is 29.1 Å². The zero-order valence-electron chi connectivity index (χ0n) is 21.9. The summed E-state index contributed by atoms with van der Waals surface area (Å²) in [7, 11) is 0. The summed E-state index contributed by atoms with van der Waals surface area (Å²) in [6, 6.07) is 11.4. The molecule has 0 aromatic heterocycles. The molecule has 10 heteroatoms. The van der Waals surface area contributed by atoms with Crippen LogP contribution in [0, 0.1) is 23.0 Å². The number of nitrogens with zero attached hydrogens (tertiary/aromatic N) is 2. The molecular formula is C27H37N3O7. The van der Waals surface area contributed by atoms with E-state index in [0.717, 1.165) is 18.4 Å². The second-order valence-electron chi connectivity index (χ2n) is 9.19. The Hall–Kier alpha value is -3.66. The van der Waals surface area contributed by atoms with Crippen molar-refractivity contribution in [1.29, 1.82) is 0 Å². The molecule has 2 amide bonds. The lowest BCUT2D eigenvalue weighted by molar-refractivity contribution is -0.385. The molecule has 0 fully saturated rings. The topological polar surface area (TPSA) is 131 Å². The number of carboxylic acids is 1. The molecule has 0 spiro atoms. The van der Waals surface area contributed by atoms with E-state index in [4.69, 9.17) is 9.47 Å². The average molecular weight is 516 g/mol. The molecule has 1 atom stereocenters. The number of carbonyl (C=O) groups is 2. The first kappa shape index (κ1) is 29.6. The smallest absolute Gasteiger partial charge is 0.333 e. The van der Waals surface area contributed by atoms with Crippen LogP contribution < -0.4 is 10.1 Å². The molecule has 1 unspecified atom stereocenters. The fourth-order valence-electron chi connectivity index (χ4n) is 3.72. The monoisotopic (exact) mass is 515 g/mol. The second kappa shape index (κ2) is 14.8. The number of nitro groups is 1. The first-order valence-electron chi connectivity index (χ1n) is 12.5. The maximum absolute atomic E-state index is 13.0. The highest BCUT2D eigenvalue weighted by molar-refractivity contribution is 5.89. The van der Waals surface area contributed by atoms with Gasteiger partial charge in [-0.25, -0.2) is 9.59 Å². The molecule has 2 aromatic carbocycles. The Labute approximate surface area is 217 Å². The summed E-state index contributed by atoms with van der Waals surface area (Å²) >= 11 is 0. The molecule has 0 aliphatic carbocycles. The minimum Gasteiger partial charge on any atom is -0.492 e. The van der Waals surface area contributed by atoms with Crippen LogP contribution in [0.15, 0.2) is 42.5 Å². The van der Waals surface area contributed by atoms with Crippen LogP contribution in [0.4, 0.5) is 16.2 Å². The molecule has 0 heterocycles. The first-order chi connectivity index (χ1) is 17.6. The predicted octanol–water partition coefficient (Wildman–Crippen LogP) is 5.28. The van der Waals surface area contributed by atoms with E-state index in [0.29, 0.717) is 42.6 Å². The highest BCUT2D eigenvalue weighted by Gasteiger charge is 2.19. The van der Waals surface area contributed by atoms with E-state index >= 15 is 0 Å². The minimum atomic E-state index is -1.00. The Kier molecular flexibility index (Phi) is 11.8. The van der Waals surface area contributed by atoms with Crippen molar-refractivity contribution in [2.75, 3.05) is 31.6 Å². The van der Waals surface area contributed by atoms with Crippen molar-refractivity contribution in [3.8, 4) is 5.75 Å². The van der Waals surface area contributed by atoms with Gasteiger partial charge in [0.15, 0.2) is 6.10 Å². The molecule has 10 nitrogen and oxygen atoms in total. The maximum Gasteiger partial charge on any atom is 0.333 e. The maximum atomic E-state index is 13.0. The number of rotatable bonds is 15. The standard InChI is InChI=1S/C27H37N3O7/c1-5-36-25(26(31)32)17-21-9-12-23(13-10-21)37-16-15-29(14-6-7-19(2)3)27(33)28-22-11-8-20(4)24(18-22)30(34)35/h8-13,18-19,25H,5-7,14-17H2,1-4H3,(H,28,33)(H,31,32). The van der Waals surface area contributed by atoms with E-state index in [1.807, 2.05) is 0 Å². The quantitative estimate of drug-likeness (QED) is 0.243. The molecule has 37 heavy (non-hydrogen) atoms. The molecule has 0 aliphatic heterocycles. The molecule has 2 aromatic rings. The van der Waals surface area contributed by atoms with Crippen LogP contribution in [-0.4, -0.2) is 59.3 Å². The van der Waals surface area contributed by atoms with E-state index in [2.05, 4.69) is 19.2 Å². The molecule has 0 saturated heterocycles. The van der Waals surface area contributed by atoms with Gasteiger partial charge in [0.05, 0.1) is 11.5 Å². The van der Waals surface area contributed by atoms with Crippen LogP contribution in [0.3, 0.4) is 0 Å². The van der Waals surface area contributed by atoms with E-state index < -0.39 is 17.0 Å². The zero-order valence-corrected chi connectivity index (χ0v) is 21.9. The number of carboxylic acid groups (broad SMARTS) is 1. The van der Waals surface area contributed by atoms with Crippen molar-refractivity contribution in [2.24, 2.45) is 5.92 Å². The van der Waals surface area contributed by atoms with Crippen LogP contribution in [0.5, 0.6) is 5.75 Å². The molecular weight excluding hydrogens is 478 g/mol. The van der Waals surface area contributed by atoms with Gasteiger partial charge in [-0.05, 0) is 56.4 Å². The molecule has 0 saturated carbocycles. The summed E-state index contributed by atoms with van der Waals surface area (Å²) < 4.78 is 11.1.